The number of hydrogen-bond acceptors (Lipinski definition) is 9. The highest BCUT2D eigenvalue weighted by atomic mass is 32.2. The Labute approximate surface area is 274 Å². The summed E-state index contributed by atoms with van der Waals surface area (Å²) in [6.45, 7) is 0. The number of hydrogen-bond donors (Lipinski definition) is 2. The van der Waals surface area contributed by atoms with Gasteiger partial charge in [0.25, 0.3) is 10.0 Å². The molecule has 9 nitrogen and oxygen atoms in total. The van der Waals surface area contributed by atoms with Crippen LogP contribution >= 0.6 is 11.3 Å². The minimum Gasteiger partial charge on any atom is -0.351 e. The van der Waals surface area contributed by atoms with Crippen molar-refractivity contribution in [2.75, 3.05) is 21.5 Å². The van der Waals surface area contributed by atoms with Crippen LogP contribution in [-0.2, 0) is 25.3 Å². The van der Waals surface area contributed by atoms with E-state index >= 15 is 4.39 Å². The van der Waals surface area contributed by atoms with E-state index < -0.39 is 47.9 Å². The number of fused-ring (bicyclic) bond motifs is 4. The fourth-order valence-corrected chi connectivity index (χ4v) is 12.4. The Morgan fingerprint density at radius 3 is 2.23 bits per heavy atom. The third kappa shape index (κ3) is 5.39. The quantitative estimate of drug-likeness (QED) is 0.223. The summed E-state index contributed by atoms with van der Waals surface area (Å²) < 4.78 is 97.1. The van der Waals surface area contributed by atoms with Crippen LogP contribution in [0.2, 0.25) is 0 Å². The van der Waals surface area contributed by atoms with Gasteiger partial charge in [-0.25, -0.2) is 45.0 Å². The molecular weight excluding hydrogens is 672 g/mol. The van der Waals surface area contributed by atoms with Gasteiger partial charge in [0.1, 0.15) is 16.6 Å². The van der Waals surface area contributed by atoms with Gasteiger partial charge in [-0.15, -0.1) is 11.3 Å². The molecule has 15 heteroatoms. The van der Waals surface area contributed by atoms with Gasteiger partial charge < -0.3 is 5.32 Å². The van der Waals surface area contributed by atoms with Crippen molar-refractivity contribution in [3.05, 3.63) is 71.1 Å². The fourth-order valence-electron chi connectivity index (χ4n) is 7.67. The molecule has 0 radical (unpaired) electrons. The van der Waals surface area contributed by atoms with Gasteiger partial charge in [0, 0.05) is 23.2 Å². The smallest absolute Gasteiger partial charge is 0.267 e. The van der Waals surface area contributed by atoms with E-state index in [-0.39, 0.29) is 46.1 Å². The molecule has 4 aromatic rings. The second-order valence-electron chi connectivity index (χ2n) is 13.1. The SMILES string of the molecule is O=S1(=O)C[C@@H]2C(Nc3nccc(-c4sc(C56CCC(CC5)CC6)nc4-c4cccc(NS(=O)(=O)c5c(F)cccc5F)c4F)n3)[C@@H]2C1. The Kier molecular flexibility index (Phi) is 7.19. The number of sulfonamides is 1. The van der Waals surface area contributed by atoms with Gasteiger partial charge in [-0.2, -0.15) is 0 Å². The maximum atomic E-state index is 16.3. The molecule has 5 aliphatic rings. The Balaban J connectivity index is 1.18. The van der Waals surface area contributed by atoms with Crippen LogP contribution in [0.3, 0.4) is 0 Å². The van der Waals surface area contributed by atoms with Crippen molar-refractivity contribution in [1.29, 1.82) is 0 Å². The van der Waals surface area contributed by atoms with Crippen molar-refractivity contribution in [3.8, 4) is 21.8 Å². The Morgan fingerprint density at radius 1 is 0.894 bits per heavy atom. The molecule has 9 rings (SSSR count). The second kappa shape index (κ2) is 11.0. The monoisotopic (exact) mass is 701 g/mol. The molecule has 1 unspecified atom stereocenters. The Bertz CT molecular complexity index is 2080. The first-order valence-corrected chi connectivity index (χ1v) is 19.6. The maximum absolute atomic E-state index is 16.3. The summed E-state index contributed by atoms with van der Waals surface area (Å²) in [5.74, 6) is -2.18. The van der Waals surface area contributed by atoms with Gasteiger partial charge in [-0.05, 0) is 86.6 Å². The molecule has 246 valence electrons. The van der Waals surface area contributed by atoms with E-state index in [0.29, 0.717) is 22.4 Å². The lowest BCUT2D eigenvalue weighted by atomic mass is 9.61. The first-order chi connectivity index (χ1) is 22.4. The highest BCUT2D eigenvalue weighted by Gasteiger charge is 2.59. The molecule has 4 aliphatic carbocycles. The normalized spacial score (nSPS) is 27.4. The van der Waals surface area contributed by atoms with Crippen LogP contribution in [-0.4, -0.2) is 49.3 Å². The highest BCUT2D eigenvalue weighted by Crippen LogP contribution is 2.54. The average molecular weight is 702 g/mol. The minimum absolute atomic E-state index is 0.00709. The Morgan fingerprint density at radius 2 is 1.55 bits per heavy atom. The Hall–Kier alpha value is -3.56. The maximum Gasteiger partial charge on any atom is 0.267 e. The van der Waals surface area contributed by atoms with Crippen molar-refractivity contribution < 1.29 is 30.0 Å². The van der Waals surface area contributed by atoms with E-state index in [0.717, 1.165) is 61.7 Å². The molecule has 0 amide bonds. The standard InChI is InChI=1S/C32H30F3N5O4S3/c33-21-4-2-5-22(34)29(21)47(43,44)40-23-6-1-3-18(25(23)35)27-28(45-30(38-27)32-11-7-17(8-12-32)9-13-32)24-10-14-36-31(37-24)39-26-19-15-46(41,42)16-20(19)26/h1-6,10,14,17,19-20,26,40H,7-9,11-13,15-16H2,(H,36,37,39)/t17?,19-,20+,26?,32?. The fraction of sp³-hybridized carbons (Fsp3) is 0.406. The van der Waals surface area contributed by atoms with Crippen molar-refractivity contribution in [2.24, 2.45) is 17.8 Å². The molecule has 47 heavy (non-hydrogen) atoms. The van der Waals surface area contributed by atoms with Crippen LogP contribution in [0.5, 0.6) is 0 Å². The van der Waals surface area contributed by atoms with Crippen LogP contribution in [0.15, 0.2) is 53.6 Å². The highest BCUT2D eigenvalue weighted by molar-refractivity contribution is 7.92. The van der Waals surface area contributed by atoms with E-state index in [1.54, 1.807) is 12.3 Å². The van der Waals surface area contributed by atoms with Crippen LogP contribution in [0, 0.1) is 35.2 Å². The number of benzene rings is 2. The lowest BCUT2D eigenvalue weighted by Gasteiger charge is -2.45. The molecule has 2 bridgehead atoms. The van der Waals surface area contributed by atoms with Crippen molar-refractivity contribution in [1.82, 2.24) is 15.0 Å². The number of rotatable bonds is 8. The molecule has 1 saturated heterocycles. The number of aromatic nitrogens is 3. The van der Waals surface area contributed by atoms with E-state index in [4.69, 9.17) is 9.97 Å². The van der Waals surface area contributed by atoms with E-state index in [2.05, 4.69) is 10.3 Å². The third-order valence-corrected chi connectivity index (χ3v) is 14.8. The van der Waals surface area contributed by atoms with Gasteiger partial charge in [0.05, 0.1) is 33.5 Å². The van der Waals surface area contributed by atoms with Crippen molar-refractivity contribution in [2.45, 2.75) is 54.9 Å². The summed E-state index contributed by atoms with van der Waals surface area (Å²) in [5.41, 5.74) is 0.145. The summed E-state index contributed by atoms with van der Waals surface area (Å²) in [7, 11) is -7.84. The molecule has 3 heterocycles. The van der Waals surface area contributed by atoms with E-state index in [1.165, 1.54) is 29.5 Å². The minimum atomic E-state index is -4.83. The lowest BCUT2D eigenvalue weighted by Crippen LogP contribution is -2.37. The number of anilines is 2. The topological polar surface area (TPSA) is 131 Å². The summed E-state index contributed by atoms with van der Waals surface area (Å²) in [6.07, 6.45) is 7.81. The van der Waals surface area contributed by atoms with Gasteiger partial charge >= 0.3 is 0 Å². The number of sulfone groups is 1. The number of thiazole rings is 1. The van der Waals surface area contributed by atoms with Crippen molar-refractivity contribution >= 4 is 42.8 Å². The van der Waals surface area contributed by atoms with Crippen LogP contribution in [0.1, 0.15) is 43.5 Å². The number of nitrogens with zero attached hydrogens (tertiary/aromatic N) is 3. The zero-order valence-corrected chi connectivity index (χ0v) is 27.4. The van der Waals surface area contributed by atoms with Gasteiger partial charge in [-0.1, -0.05) is 12.1 Å². The van der Waals surface area contributed by atoms with Crippen LogP contribution in [0.4, 0.5) is 24.8 Å². The third-order valence-electron chi connectivity index (χ3n) is 10.3. The molecule has 1 aliphatic heterocycles. The zero-order chi connectivity index (χ0) is 32.7. The summed E-state index contributed by atoms with van der Waals surface area (Å²) in [6, 6.07) is 8.45. The molecule has 3 atom stereocenters. The molecule has 5 fully saturated rings. The molecule has 2 aromatic heterocycles. The number of halogens is 3. The van der Waals surface area contributed by atoms with Crippen molar-refractivity contribution in [3.63, 3.8) is 0 Å². The second-order valence-corrected chi connectivity index (χ2v) is 17.9. The molecule has 4 saturated carbocycles. The average Bonchev–Trinajstić information content (AvgIpc) is 3.35. The lowest BCUT2D eigenvalue weighted by molar-refractivity contribution is 0.135. The number of nitrogens with one attached hydrogen (secondary N) is 2. The van der Waals surface area contributed by atoms with Crippen LogP contribution < -0.4 is 10.0 Å². The van der Waals surface area contributed by atoms with Gasteiger partial charge in [0.15, 0.2) is 20.5 Å². The molecular formula is C32H30F3N5O4S3. The summed E-state index contributed by atoms with van der Waals surface area (Å²) in [4.78, 5) is 13.5. The first kappa shape index (κ1) is 30.8. The van der Waals surface area contributed by atoms with Gasteiger partial charge in [-0.3, -0.25) is 4.72 Å². The predicted molar refractivity (Wildman–Crippen MR) is 172 cm³/mol. The van der Waals surface area contributed by atoms with E-state index in [1.807, 2.05) is 4.72 Å². The molecule has 0 spiro atoms. The zero-order valence-electron chi connectivity index (χ0n) is 24.9. The first-order valence-electron chi connectivity index (χ1n) is 15.5. The predicted octanol–water partition coefficient (Wildman–Crippen LogP) is 6.16. The summed E-state index contributed by atoms with van der Waals surface area (Å²) >= 11 is 1.44. The van der Waals surface area contributed by atoms with Crippen LogP contribution in [0.25, 0.3) is 21.8 Å². The largest absolute Gasteiger partial charge is 0.351 e. The molecule has 2 aromatic carbocycles. The molecule has 2 N–H and O–H groups in total. The summed E-state index contributed by atoms with van der Waals surface area (Å²) in [5, 5.41) is 4.15. The van der Waals surface area contributed by atoms with Gasteiger partial charge in [0.2, 0.25) is 5.95 Å². The van der Waals surface area contributed by atoms with E-state index in [9.17, 15) is 25.6 Å².